The molecule has 1 heterocycles. The van der Waals surface area contributed by atoms with Crippen LogP contribution in [0.4, 0.5) is 87.8 Å². The number of aromatic nitrogens is 2. The molecule has 0 aliphatic rings. The SMILES string of the molecule is C=C(C(=O)O)c1c[n+](CC(=O)c2ccccc2)ccn1.Fc1c(F)c(F)c([B-](c2c(F)c(F)c(F)c(F)c2F)(c2c(F)c(F)c(F)c(F)c2F)c2c(F)c(F)c(F)c(F)c2F)c(F)c1F. The molecular formula is C39H13BF20N2O3. The van der Waals surface area contributed by atoms with Crippen LogP contribution < -0.4 is 26.4 Å². The average Bonchev–Trinajstić information content (AvgIpc) is 3.29. The van der Waals surface area contributed by atoms with Crippen molar-refractivity contribution in [2.75, 3.05) is 0 Å². The standard InChI is InChI=1S/C24BF20.C15H12N2O3/c26-5-1(6(27)14(35)21(42)13(5)34)25(2-7(28)15(36)22(43)16(37)8(2)29,3-9(30)17(38)23(44)18(39)10(3)31)4-11(32)19(40)24(45)20(41)12(4)33;1-11(15(19)20)13-9-17(8-7-16-13)10-14(18)12-5-3-2-4-6-12/h;2-9H,1,10H2/q-1;/p+1. The Kier molecular flexibility index (Phi) is 13.6. The number of carbonyl (C=O) groups excluding carboxylic acids is 1. The molecule has 0 aliphatic heterocycles. The number of hydrogen-bond donors (Lipinski definition) is 1. The molecule has 0 unspecified atom stereocenters. The van der Waals surface area contributed by atoms with Crippen LogP contribution in [0, 0.1) is 116 Å². The molecule has 0 radical (unpaired) electrons. The molecule has 5 nitrogen and oxygen atoms in total. The molecule has 0 spiro atoms. The average molecular weight is 948 g/mol. The highest BCUT2D eigenvalue weighted by Gasteiger charge is 2.52. The van der Waals surface area contributed by atoms with Gasteiger partial charge in [0.25, 0.3) is 0 Å². The summed E-state index contributed by atoms with van der Waals surface area (Å²) >= 11 is 0. The monoisotopic (exact) mass is 948 g/mol. The van der Waals surface area contributed by atoms with Crippen LogP contribution in [0.15, 0.2) is 55.5 Å². The quantitative estimate of drug-likeness (QED) is 0.0317. The first-order valence-corrected chi connectivity index (χ1v) is 16.9. The normalized spacial score (nSPS) is 11.4. The number of rotatable bonds is 9. The summed E-state index contributed by atoms with van der Waals surface area (Å²) in [6.45, 7) is 3.56. The highest BCUT2D eigenvalue weighted by atomic mass is 19.2. The Hall–Kier alpha value is -7.28. The molecule has 6 aromatic rings. The second kappa shape index (κ2) is 18.1. The van der Waals surface area contributed by atoms with Gasteiger partial charge in [-0.25, -0.2) is 97.6 Å². The van der Waals surface area contributed by atoms with Gasteiger partial charge < -0.3 is 5.11 Å². The Labute approximate surface area is 347 Å². The van der Waals surface area contributed by atoms with Gasteiger partial charge in [-0.05, 0) is 0 Å². The van der Waals surface area contributed by atoms with Crippen LogP contribution in [0.3, 0.4) is 0 Å². The van der Waals surface area contributed by atoms with Crippen LogP contribution in [0.25, 0.3) is 5.57 Å². The van der Waals surface area contributed by atoms with Crippen molar-refractivity contribution in [3.63, 3.8) is 0 Å². The summed E-state index contributed by atoms with van der Waals surface area (Å²) in [5, 5.41) is 8.87. The minimum absolute atomic E-state index is 0.0614. The zero-order valence-electron chi connectivity index (χ0n) is 30.8. The third-order valence-electron chi connectivity index (χ3n) is 9.46. The Balaban J connectivity index is 0.000000330. The first kappa shape index (κ1) is 48.8. The van der Waals surface area contributed by atoms with Gasteiger partial charge in [-0.1, -0.05) is 36.9 Å². The van der Waals surface area contributed by atoms with E-state index in [0.29, 0.717) is 5.56 Å². The predicted molar refractivity (Wildman–Crippen MR) is 181 cm³/mol. The maximum absolute atomic E-state index is 15.4. The van der Waals surface area contributed by atoms with Crippen molar-refractivity contribution >= 4 is 45.3 Å². The predicted octanol–water partition coefficient (Wildman–Crippen LogP) is 7.20. The summed E-state index contributed by atoms with van der Waals surface area (Å²) < 4.78 is 296. The molecule has 65 heavy (non-hydrogen) atoms. The van der Waals surface area contributed by atoms with Gasteiger partial charge in [-0.15, -0.1) is 21.9 Å². The summed E-state index contributed by atoms with van der Waals surface area (Å²) in [7, 11) is 0. The zero-order chi connectivity index (χ0) is 48.9. The molecule has 0 saturated heterocycles. The fourth-order valence-corrected chi connectivity index (χ4v) is 6.55. The van der Waals surface area contributed by atoms with Crippen LogP contribution in [0.5, 0.6) is 0 Å². The van der Waals surface area contributed by atoms with Crippen LogP contribution >= 0.6 is 0 Å². The number of aliphatic carboxylic acids is 1. The highest BCUT2D eigenvalue weighted by Crippen LogP contribution is 2.30. The van der Waals surface area contributed by atoms with E-state index < -0.39 is 150 Å². The van der Waals surface area contributed by atoms with E-state index >= 15 is 35.1 Å². The largest absolute Gasteiger partial charge is 0.478 e. The van der Waals surface area contributed by atoms with E-state index in [-0.39, 0.29) is 23.6 Å². The summed E-state index contributed by atoms with van der Waals surface area (Å²) in [5.74, 6) is -72.6. The molecule has 5 aromatic carbocycles. The van der Waals surface area contributed by atoms with Gasteiger partial charge in [0, 0.05) is 5.56 Å². The van der Waals surface area contributed by atoms with Gasteiger partial charge >= 0.3 is 5.97 Å². The van der Waals surface area contributed by atoms with Crippen LogP contribution in [-0.2, 0) is 11.3 Å². The van der Waals surface area contributed by atoms with Gasteiger partial charge in [0.15, 0.2) is 82.2 Å². The smallest absolute Gasteiger partial charge is 0.337 e. The van der Waals surface area contributed by atoms with Gasteiger partial charge in [-0.3, -0.25) is 4.79 Å². The number of ketones is 1. The molecule has 1 N–H and O–H groups in total. The Morgan fingerprint density at radius 2 is 0.754 bits per heavy atom. The van der Waals surface area contributed by atoms with Crippen molar-refractivity contribution in [2.24, 2.45) is 0 Å². The topological polar surface area (TPSA) is 71.1 Å². The third-order valence-corrected chi connectivity index (χ3v) is 9.46. The number of Topliss-reactive ketones (excluding diaryl/α,β-unsaturated/α-hetero) is 1. The fraction of sp³-hybridized carbons (Fsp3) is 0.0256. The number of halogens is 20. The van der Waals surface area contributed by atoms with Crippen molar-refractivity contribution in [3.05, 3.63) is 183 Å². The van der Waals surface area contributed by atoms with Crippen LogP contribution in [-0.4, -0.2) is 28.0 Å². The Morgan fingerprint density at radius 3 is 1.03 bits per heavy atom. The fourth-order valence-electron chi connectivity index (χ4n) is 6.55. The number of nitrogens with zero attached hydrogens (tertiary/aromatic N) is 2. The van der Waals surface area contributed by atoms with Crippen LogP contribution in [0.1, 0.15) is 16.1 Å². The number of carboxylic acid groups (broad SMARTS) is 1. The van der Waals surface area contributed by atoms with Crippen LogP contribution in [0.2, 0.25) is 0 Å². The van der Waals surface area contributed by atoms with Gasteiger partial charge in [0.1, 0.15) is 58.4 Å². The van der Waals surface area contributed by atoms with E-state index in [9.17, 15) is 62.3 Å². The number of benzene rings is 5. The minimum atomic E-state index is -7.22. The third kappa shape index (κ3) is 7.89. The van der Waals surface area contributed by atoms with Crippen molar-refractivity contribution in [3.8, 4) is 0 Å². The molecule has 0 amide bonds. The van der Waals surface area contributed by atoms with E-state index in [1.165, 1.54) is 12.4 Å². The zero-order valence-corrected chi connectivity index (χ0v) is 30.8. The first-order chi connectivity index (χ1) is 30.3. The lowest BCUT2D eigenvalue weighted by molar-refractivity contribution is -0.683. The van der Waals surface area contributed by atoms with E-state index in [1.54, 1.807) is 35.0 Å². The van der Waals surface area contributed by atoms with Crippen molar-refractivity contribution in [1.82, 2.24) is 4.98 Å². The molecule has 1 aromatic heterocycles. The van der Waals surface area contributed by atoms with Gasteiger partial charge in [0.05, 0.1) is 11.8 Å². The summed E-state index contributed by atoms with van der Waals surface area (Å²) in [6.07, 6.45) is -2.66. The minimum Gasteiger partial charge on any atom is -0.478 e. The lowest BCUT2D eigenvalue weighted by Crippen LogP contribution is -2.81. The van der Waals surface area contributed by atoms with Gasteiger partial charge in [-0.2, -0.15) is 4.57 Å². The maximum Gasteiger partial charge on any atom is 0.337 e. The van der Waals surface area contributed by atoms with E-state index in [2.05, 4.69) is 11.6 Å². The molecule has 0 bridgehead atoms. The highest BCUT2D eigenvalue weighted by molar-refractivity contribution is 7.20. The molecule has 0 atom stereocenters. The van der Waals surface area contributed by atoms with E-state index in [1.807, 2.05) is 6.07 Å². The number of carboxylic acids is 1. The van der Waals surface area contributed by atoms with Gasteiger partial charge in [0.2, 0.25) is 12.3 Å². The lowest BCUT2D eigenvalue weighted by atomic mass is 9.12. The number of carbonyl (C=O) groups is 2. The molecule has 26 heteroatoms. The summed E-state index contributed by atoms with van der Waals surface area (Å²) in [6, 6.07) is 8.90. The molecular weight excluding hydrogens is 935 g/mol. The lowest BCUT2D eigenvalue weighted by Gasteiger charge is -2.44. The molecule has 0 saturated carbocycles. The second-order valence-electron chi connectivity index (χ2n) is 13.0. The summed E-state index contributed by atoms with van der Waals surface area (Å²) in [4.78, 5) is 26.8. The Morgan fingerprint density at radius 1 is 0.477 bits per heavy atom. The second-order valence-corrected chi connectivity index (χ2v) is 13.0. The van der Waals surface area contributed by atoms with E-state index in [4.69, 9.17) is 5.11 Å². The Bertz CT molecular complexity index is 2610. The first-order valence-electron chi connectivity index (χ1n) is 16.9. The number of hydrogen-bond acceptors (Lipinski definition) is 3. The molecule has 0 fully saturated rings. The molecule has 6 rings (SSSR count). The molecule has 340 valence electrons. The van der Waals surface area contributed by atoms with Crippen molar-refractivity contribution < 1.29 is 107 Å². The molecule has 0 aliphatic carbocycles. The van der Waals surface area contributed by atoms with Crippen molar-refractivity contribution in [1.29, 1.82) is 0 Å². The maximum atomic E-state index is 15.4. The summed E-state index contributed by atoms with van der Waals surface area (Å²) in [5.41, 5.74) is -13.6. The van der Waals surface area contributed by atoms with E-state index in [0.717, 1.165) is 0 Å². The van der Waals surface area contributed by atoms with Crippen molar-refractivity contribution in [2.45, 2.75) is 6.54 Å².